The zero-order chi connectivity index (χ0) is 12.2. The zero-order valence-corrected chi connectivity index (χ0v) is 11.1. The number of hydrogen-bond acceptors (Lipinski definition) is 2. The van der Waals surface area contributed by atoms with Gasteiger partial charge in [0.2, 0.25) is 0 Å². The largest absolute Gasteiger partial charge is 0.387 e. The summed E-state index contributed by atoms with van der Waals surface area (Å²) in [4.78, 5) is 0. The fraction of sp³-hybridized carbons (Fsp3) is 0.857. The van der Waals surface area contributed by atoms with Crippen LogP contribution in [0.1, 0.15) is 59.8 Å². The highest BCUT2D eigenvalue weighted by Gasteiger charge is 2.36. The van der Waals surface area contributed by atoms with E-state index < -0.39 is 5.60 Å². The molecule has 1 rings (SSSR count). The average Bonchev–Trinajstić information content (AvgIpc) is 2.60. The van der Waals surface area contributed by atoms with Crippen LogP contribution >= 0.6 is 0 Å². The third-order valence-electron chi connectivity index (χ3n) is 3.37. The van der Waals surface area contributed by atoms with Crippen molar-refractivity contribution in [3.8, 4) is 0 Å². The molecule has 0 saturated carbocycles. The van der Waals surface area contributed by atoms with E-state index in [1.807, 2.05) is 6.92 Å². The first kappa shape index (κ1) is 13.7. The summed E-state index contributed by atoms with van der Waals surface area (Å²) in [7, 11) is 0. The molecular formula is C14H26O2. The van der Waals surface area contributed by atoms with Crippen molar-refractivity contribution in [3.05, 3.63) is 11.6 Å². The van der Waals surface area contributed by atoms with Crippen LogP contribution in [0.2, 0.25) is 0 Å². The Morgan fingerprint density at radius 2 is 2.12 bits per heavy atom. The van der Waals surface area contributed by atoms with Gasteiger partial charge in [-0.25, -0.2) is 0 Å². The minimum absolute atomic E-state index is 0.0363. The number of hydrogen-bond donors (Lipinski definition) is 1. The maximum atomic E-state index is 10.4. The van der Waals surface area contributed by atoms with Crippen LogP contribution in [-0.2, 0) is 4.74 Å². The van der Waals surface area contributed by atoms with Crippen molar-refractivity contribution in [2.24, 2.45) is 0 Å². The predicted molar refractivity (Wildman–Crippen MR) is 67.5 cm³/mol. The standard InChI is InChI=1S/C14H26O2/c1-11(2)7-5-6-10-14(4,15)13-9-8-12(3)16-13/h7,12-13,15H,5-6,8-10H2,1-4H3/t12-,13+,14-/m0/s1. The number of unbranched alkanes of at least 4 members (excludes halogenated alkanes) is 1. The van der Waals surface area contributed by atoms with Crippen molar-refractivity contribution in [2.75, 3.05) is 0 Å². The Morgan fingerprint density at radius 1 is 1.44 bits per heavy atom. The van der Waals surface area contributed by atoms with Crippen LogP contribution in [0.25, 0.3) is 0 Å². The molecule has 1 fully saturated rings. The van der Waals surface area contributed by atoms with E-state index in [1.165, 1.54) is 5.57 Å². The van der Waals surface area contributed by atoms with Gasteiger partial charge >= 0.3 is 0 Å². The zero-order valence-electron chi connectivity index (χ0n) is 11.1. The summed E-state index contributed by atoms with van der Waals surface area (Å²) in [5.74, 6) is 0. The molecule has 1 aliphatic rings. The lowest BCUT2D eigenvalue weighted by Crippen LogP contribution is -2.39. The first-order valence-corrected chi connectivity index (χ1v) is 6.43. The molecule has 0 amide bonds. The van der Waals surface area contributed by atoms with Crippen LogP contribution in [0.4, 0.5) is 0 Å². The molecule has 0 unspecified atom stereocenters. The van der Waals surface area contributed by atoms with Gasteiger partial charge in [-0.15, -0.1) is 0 Å². The molecular weight excluding hydrogens is 200 g/mol. The maximum absolute atomic E-state index is 10.4. The van der Waals surface area contributed by atoms with E-state index in [-0.39, 0.29) is 6.10 Å². The van der Waals surface area contributed by atoms with Crippen molar-refractivity contribution >= 4 is 0 Å². The van der Waals surface area contributed by atoms with Gasteiger partial charge in [-0.1, -0.05) is 11.6 Å². The Hall–Kier alpha value is -0.340. The van der Waals surface area contributed by atoms with Gasteiger partial charge in [-0.05, 0) is 59.8 Å². The lowest BCUT2D eigenvalue weighted by atomic mass is 9.90. The van der Waals surface area contributed by atoms with E-state index in [2.05, 4.69) is 26.8 Å². The van der Waals surface area contributed by atoms with E-state index in [1.54, 1.807) is 0 Å². The van der Waals surface area contributed by atoms with E-state index in [4.69, 9.17) is 4.74 Å². The molecule has 1 heterocycles. The Balaban J connectivity index is 2.31. The molecule has 1 N–H and O–H groups in total. The van der Waals surface area contributed by atoms with Gasteiger partial charge in [0, 0.05) is 0 Å². The number of ether oxygens (including phenoxy) is 1. The Bertz CT molecular complexity index is 239. The summed E-state index contributed by atoms with van der Waals surface area (Å²) in [5.41, 5.74) is 0.700. The monoisotopic (exact) mass is 226 g/mol. The second kappa shape index (κ2) is 5.83. The van der Waals surface area contributed by atoms with Gasteiger partial charge in [-0.2, -0.15) is 0 Å². The lowest BCUT2D eigenvalue weighted by molar-refractivity contribution is -0.0942. The summed E-state index contributed by atoms with van der Waals surface area (Å²) >= 11 is 0. The van der Waals surface area contributed by atoms with Gasteiger partial charge in [0.05, 0.1) is 17.8 Å². The maximum Gasteiger partial charge on any atom is 0.0880 e. The normalized spacial score (nSPS) is 28.8. The van der Waals surface area contributed by atoms with Gasteiger partial charge in [-0.3, -0.25) is 0 Å². The molecule has 0 aromatic heterocycles. The molecule has 2 nitrogen and oxygen atoms in total. The van der Waals surface area contributed by atoms with Crippen molar-refractivity contribution in [2.45, 2.75) is 77.6 Å². The molecule has 3 atom stereocenters. The first-order valence-electron chi connectivity index (χ1n) is 6.43. The van der Waals surface area contributed by atoms with Crippen LogP contribution in [-0.4, -0.2) is 22.9 Å². The molecule has 16 heavy (non-hydrogen) atoms. The molecule has 0 bridgehead atoms. The third-order valence-corrected chi connectivity index (χ3v) is 3.37. The highest BCUT2D eigenvalue weighted by atomic mass is 16.5. The minimum atomic E-state index is -0.653. The van der Waals surface area contributed by atoms with Gasteiger partial charge in [0.25, 0.3) is 0 Å². The lowest BCUT2D eigenvalue weighted by Gasteiger charge is -2.29. The molecule has 0 radical (unpaired) electrons. The predicted octanol–water partition coefficient (Wildman–Crippen LogP) is 3.44. The molecule has 1 saturated heterocycles. The SMILES string of the molecule is CC(C)=CCCC[C@](C)(O)[C@H]1CC[C@H](C)O1. The Morgan fingerprint density at radius 3 is 2.62 bits per heavy atom. The fourth-order valence-corrected chi connectivity index (χ4v) is 2.27. The number of allylic oxidation sites excluding steroid dienone is 2. The molecule has 0 aliphatic carbocycles. The molecule has 1 aliphatic heterocycles. The highest BCUT2D eigenvalue weighted by molar-refractivity contribution is 4.94. The van der Waals surface area contributed by atoms with Crippen molar-refractivity contribution in [1.29, 1.82) is 0 Å². The van der Waals surface area contributed by atoms with E-state index in [0.717, 1.165) is 32.1 Å². The highest BCUT2D eigenvalue weighted by Crippen LogP contribution is 2.31. The van der Waals surface area contributed by atoms with E-state index in [0.29, 0.717) is 6.10 Å². The molecule has 2 heteroatoms. The van der Waals surface area contributed by atoms with Crippen molar-refractivity contribution < 1.29 is 9.84 Å². The topological polar surface area (TPSA) is 29.5 Å². The second-order valence-electron chi connectivity index (χ2n) is 5.54. The Kier molecular flexibility index (Phi) is 5.00. The number of rotatable bonds is 5. The molecule has 0 spiro atoms. The quantitative estimate of drug-likeness (QED) is 0.575. The summed E-state index contributed by atoms with van der Waals surface area (Å²) in [6.07, 6.45) is 7.57. The molecule has 0 aromatic rings. The fourth-order valence-electron chi connectivity index (χ4n) is 2.27. The van der Waals surface area contributed by atoms with Crippen molar-refractivity contribution in [3.63, 3.8) is 0 Å². The molecule has 0 aromatic carbocycles. The Labute approximate surface area is 99.7 Å². The van der Waals surface area contributed by atoms with Crippen LogP contribution < -0.4 is 0 Å². The summed E-state index contributed by atoms with van der Waals surface area (Å²) in [6, 6.07) is 0. The van der Waals surface area contributed by atoms with Crippen LogP contribution in [0, 0.1) is 0 Å². The second-order valence-corrected chi connectivity index (χ2v) is 5.54. The van der Waals surface area contributed by atoms with E-state index >= 15 is 0 Å². The smallest absolute Gasteiger partial charge is 0.0880 e. The summed E-state index contributed by atoms with van der Waals surface area (Å²) in [6.45, 7) is 8.22. The third kappa shape index (κ3) is 4.26. The summed E-state index contributed by atoms with van der Waals surface area (Å²) in [5, 5.41) is 10.4. The average molecular weight is 226 g/mol. The van der Waals surface area contributed by atoms with Crippen LogP contribution in [0.5, 0.6) is 0 Å². The van der Waals surface area contributed by atoms with Gasteiger partial charge in [0.15, 0.2) is 0 Å². The summed E-state index contributed by atoms with van der Waals surface area (Å²) < 4.78 is 5.74. The van der Waals surface area contributed by atoms with Crippen LogP contribution in [0.3, 0.4) is 0 Å². The first-order chi connectivity index (χ1) is 7.42. The van der Waals surface area contributed by atoms with Crippen molar-refractivity contribution in [1.82, 2.24) is 0 Å². The molecule has 94 valence electrons. The van der Waals surface area contributed by atoms with Gasteiger partial charge in [0.1, 0.15) is 0 Å². The number of aliphatic hydroxyl groups is 1. The minimum Gasteiger partial charge on any atom is -0.387 e. The van der Waals surface area contributed by atoms with Crippen LogP contribution in [0.15, 0.2) is 11.6 Å². The van der Waals surface area contributed by atoms with E-state index in [9.17, 15) is 5.11 Å². The van der Waals surface area contributed by atoms with Gasteiger partial charge < -0.3 is 9.84 Å².